The average molecular weight is 392 g/mol. The molecule has 0 fully saturated rings. The maximum atomic E-state index is 12.7. The molecule has 1 aliphatic rings. The molecule has 1 aromatic carbocycles. The Labute approximate surface area is 158 Å². The molecule has 1 aromatic heterocycles. The second-order valence-electron chi connectivity index (χ2n) is 6.37. The fourth-order valence-electron chi connectivity index (χ4n) is 3.00. The number of hydrogen-bond donors (Lipinski definition) is 1. The minimum Gasteiger partial charge on any atom is -0.433 e. The van der Waals surface area contributed by atoms with Crippen molar-refractivity contribution in [3.63, 3.8) is 0 Å². The Balaban J connectivity index is 1.79. The van der Waals surface area contributed by atoms with Crippen molar-refractivity contribution in [2.24, 2.45) is 0 Å². The smallest absolute Gasteiger partial charge is 0.433 e. The molecule has 0 aliphatic carbocycles. The molecule has 1 N–H and O–H groups in total. The van der Waals surface area contributed by atoms with E-state index in [0.717, 1.165) is 15.1 Å². The first-order chi connectivity index (χ1) is 13.2. The van der Waals surface area contributed by atoms with Gasteiger partial charge in [-0.25, -0.2) is 4.68 Å². The van der Waals surface area contributed by atoms with Crippen molar-refractivity contribution in [1.29, 1.82) is 0 Å². The third kappa shape index (κ3) is 4.08. The summed E-state index contributed by atoms with van der Waals surface area (Å²) in [5.74, 6) is -2.30. The summed E-state index contributed by atoms with van der Waals surface area (Å²) in [6.07, 6.45) is -3.25. The second-order valence-corrected chi connectivity index (χ2v) is 6.37. The van der Waals surface area contributed by atoms with E-state index >= 15 is 0 Å². The number of nitrogens with zero attached hydrogens (tertiary/aromatic N) is 3. The van der Waals surface area contributed by atoms with Crippen molar-refractivity contribution in [3.8, 4) is 0 Å². The highest BCUT2D eigenvalue weighted by Gasteiger charge is 2.43. The summed E-state index contributed by atoms with van der Waals surface area (Å²) in [5, 5.41) is 6.67. The molecule has 1 aliphatic heterocycles. The van der Waals surface area contributed by atoms with E-state index in [1.54, 1.807) is 20.1 Å². The molecule has 0 unspecified atom stereocenters. The van der Waals surface area contributed by atoms with Gasteiger partial charge in [0.1, 0.15) is 6.54 Å². The van der Waals surface area contributed by atoms with E-state index in [4.69, 9.17) is 0 Å². The van der Waals surface area contributed by atoms with E-state index in [1.807, 2.05) is 0 Å². The average Bonchev–Trinajstić information content (AvgIpc) is 2.67. The maximum Gasteiger partial charge on any atom is 0.471 e. The Morgan fingerprint density at radius 3 is 2.61 bits per heavy atom. The fourth-order valence-corrected chi connectivity index (χ4v) is 3.00. The standard InChI is InChI=1S/C17H16BF3N4O3/c18-23-13-6-15(27)25(22-7-13)9-14(26)11-2-1-10-3-4-24(8-12(10)5-11)16(28)17(19,20)21/h1-2,5-7,23H,3-4,8-9,18H2. The lowest BCUT2D eigenvalue weighted by molar-refractivity contribution is -0.186. The molecule has 11 heteroatoms. The molecule has 0 saturated carbocycles. The molecule has 3 rings (SSSR count). The number of carbonyl (C=O) groups is 2. The van der Waals surface area contributed by atoms with Crippen molar-refractivity contribution in [1.82, 2.24) is 14.7 Å². The van der Waals surface area contributed by atoms with Crippen LogP contribution in [-0.2, 0) is 24.3 Å². The summed E-state index contributed by atoms with van der Waals surface area (Å²) < 4.78 is 39.0. The van der Waals surface area contributed by atoms with Crippen LogP contribution in [0.4, 0.5) is 18.9 Å². The maximum absolute atomic E-state index is 12.7. The van der Waals surface area contributed by atoms with Gasteiger partial charge in [-0.2, -0.15) is 18.3 Å². The van der Waals surface area contributed by atoms with Crippen LogP contribution < -0.4 is 10.8 Å². The number of Topliss-reactive ketones (excluding diaryl/α,β-unsaturated/α-hetero) is 1. The SMILES string of the molecule is BNc1cnn(CC(=O)c2ccc3c(c2)CN(C(=O)C(F)(F)F)CC3)c(=O)c1. The molecule has 0 spiro atoms. The van der Waals surface area contributed by atoms with Crippen LogP contribution in [0.2, 0.25) is 0 Å². The fraction of sp³-hybridized carbons (Fsp3) is 0.294. The zero-order valence-corrected chi connectivity index (χ0v) is 14.9. The number of rotatable bonds is 4. The molecule has 0 radical (unpaired) electrons. The lowest BCUT2D eigenvalue weighted by atomic mass is 9.96. The number of halogens is 3. The van der Waals surface area contributed by atoms with Crippen LogP contribution in [-0.4, -0.2) is 47.1 Å². The van der Waals surface area contributed by atoms with Gasteiger partial charge in [0, 0.05) is 30.4 Å². The summed E-state index contributed by atoms with van der Waals surface area (Å²) in [5.41, 5.74) is 1.57. The number of amides is 1. The molecule has 1 amide bonds. The Bertz CT molecular complexity index is 990. The third-order valence-electron chi connectivity index (χ3n) is 4.52. The van der Waals surface area contributed by atoms with Crippen LogP contribution in [0.25, 0.3) is 0 Å². The minimum absolute atomic E-state index is 0.0320. The van der Waals surface area contributed by atoms with Crippen molar-refractivity contribution >= 4 is 25.4 Å². The van der Waals surface area contributed by atoms with E-state index in [9.17, 15) is 27.6 Å². The Morgan fingerprint density at radius 1 is 1.21 bits per heavy atom. The van der Waals surface area contributed by atoms with Crippen LogP contribution in [0.3, 0.4) is 0 Å². The summed E-state index contributed by atoms with van der Waals surface area (Å²) in [7, 11) is 1.63. The zero-order chi connectivity index (χ0) is 20.5. The van der Waals surface area contributed by atoms with Gasteiger partial charge in [-0.1, -0.05) is 12.1 Å². The summed E-state index contributed by atoms with van der Waals surface area (Å²) in [6, 6.07) is 6.00. The van der Waals surface area contributed by atoms with E-state index in [2.05, 4.69) is 10.3 Å². The first-order valence-electron chi connectivity index (χ1n) is 8.45. The largest absolute Gasteiger partial charge is 0.471 e. The van der Waals surface area contributed by atoms with Gasteiger partial charge >= 0.3 is 12.1 Å². The van der Waals surface area contributed by atoms with E-state index in [-0.39, 0.29) is 31.6 Å². The van der Waals surface area contributed by atoms with Crippen molar-refractivity contribution in [2.75, 3.05) is 11.8 Å². The summed E-state index contributed by atoms with van der Waals surface area (Å²) in [4.78, 5) is 36.7. The number of aromatic nitrogens is 2. The van der Waals surface area contributed by atoms with Crippen LogP contribution in [0, 0.1) is 0 Å². The highest BCUT2D eigenvalue weighted by Crippen LogP contribution is 2.25. The highest BCUT2D eigenvalue weighted by molar-refractivity contribution is 6.15. The molecule has 7 nitrogen and oxygen atoms in total. The van der Waals surface area contributed by atoms with E-state index in [1.165, 1.54) is 18.3 Å². The molecule has 2 heterocycles. The molecule has 28 heavy (non-hydrogen) atoms. The number of alkyl halides is 3. The van der Waals surface area contributed by atoms with Crippen molar-refractivity contribution < 1.29 is 22.8 Å². The first kappa shape index (κ1) is 19.7. The quantitative estimate of drug-likeness (QED) is 0.607. The number of fused-ring (bicyclic) bond motifs is 1. The topological polar surface area (TPSA) is 84.3 Å². The Morgan fingerprint density at radius 2 is 1.96 bits per heavy atom. The number of ketones is 1. The van der Waals surface area contributed by atoms with Gasteiger partial charge in [0.15, 0.2) is 5.78 Å². The predicted molar refractivity (Wildman–Crippen MR) is 96.6 cm³/mol. The Kier molecular flexibility index (Phi) is 5.26. The molecule has 0 saturated heterocycles. The zero-order valence-electron chi connectivity index (χ0n) is 14.9. The van der Waals surface area contributed by atoms with Crippen LogP contribution in [0.15, 0.2) is 35.3 Å². The minimum atomic E-state index is -4.93. The van der Waals surface area contributed by atoms with E-state index in [0.29, 0.717) is 11.3 Å². The lowest BCUT2D eigenvalue weighted by Gasteiger charge is -2.29. The summed E-state index contributed by atoms with van der Waals surface area (Å²) in [6.45, 7) is -0.549. The van der Waals surface area contributed by atoms with Gasteiger partial charge in [0.05, 0.1) is 6.20 Å². The number of nitrogens with one attached hydrogen (secondary N) is 1. The number of anilines is 1. The number of benzene rings is 1. The molecule has 0 bridgehead atoms. The predicted octanol–water partition coefficient (Wildman–Crippen LogP) is 0.533. The highest BCUT2D eigenvalue weighted by atomic mass is 19.4. The Hall–Kier alpha value is -3.11. The van der Waals surface area contributed by atoms with Gasteiger partial charge in [-0.05, 0) is 23.6 Å². The van der Waals surface area contributed by atoms with Gasteiger partial charge in [0.2, 0.25) is 7.98 Å². The molecule has 0 atom stereocenters. The van der Waals surface area contributed by atoms with Gasteiger partial charge in [-0.3, -0.25) is 14.4 Å². The van der Waals surface area contributed by atoms with E-state index < -0.39 is 23.4 Å². The molecule has 2 aromatic rings. The number of carbonyl (C=O) groups excluding carboxylic acids is 2. The molecular weight excluding hydrogens is 376 g/mol. The molecular formula is C17H16BF3N4O3. The van der Waals surface area contributed by atoms with Gasteiger partial charge in [0.25, 0.3) is 5.56 Å². The number of hydrogen-bond acceptors (Lipinski definition) is 5. The lowest BCUT2D eigenvalue weighted by Crippen LogP contribution is -2.43. The normalized spacial score (nSPS) is 13.8. The summed E-state index contributed by atoms with van der Waals surface area (Å²) >= 11 is 0. The molecule has 146 valence electrons. The van der Waals surface area contributed by atoms with Gasteiger partial charge in [-0.15, -0.1) is 0 Å². The van der Waals surface area contributed by atoms with Crippen LogP contribution in [0.1, 0.15) is 21.5 Å². The first-order valence-corrected chi connectivity index (χ1v) is 8.45. The van der Waals surface area contributed by atoms with Gasteiger partial charge < -0.3 is 10.1 Å². The van der Waals surface area contributed by atoms with Crippen molar-refractivity contribution in [2.45, 2.75) is 25.7 Å². The monoisotopic (exact) mass is 392 g/mol. The van der Waals surface area contributed by atoms with Crippen LogP contribution in [0.5, 0.6) is 0 Å². The second kappa shape index (κ2) is 7.49. The van der Waals surface area contributed by atoms with Crippen molar-refractivity contribution in [3.05, 3.63) is 57.5 Å². The third-order valence-corrected chi connectivity index (χ3v) is 4.52. The van der Waals surface area contributed by atoms with Crippen LogP contribution >= 0.6 is 0 Å².